The van der Waals surface area contributed by atoms with Crippen molar-refractivity contribution in [3.8, 4) is 16.9 Å². The lowest BCUT2D eigenvalue weighted by atomic mass is 9.94. The van der Waals surface area contributed by atoms with E-state index in [4.69, 9.17) is 26.1 Å². The number of ether oxygens (including phenoxy) is 2. The van der Waals surface area contributed by atoms with Crippen molar-refractivity contribution in [2.75, 3.05) is 38.6 Å². The molecule has 2 fully saturated rings. The Morgan fingerprint density at radius 3 is 2.50 bits per heavy atom. The molecule has 1 saturated heterocycles. The van der Waals surface area contributed by atoms with Gasteiger partial charge in [-0.05, 0) is 67.6 Å². The number of aromatic amines is 1. The SMILES string of the molecule is O=S(=O)(CC1CC1)c1ccc([C@H](CCN2CCOCC2)c2nc3cc(-c4ccccc4OC(F)F)c(Cl)cc3[nH]2)cc1. The third-order valence-electron chi connectivity index (χ3n) is 7.94. The molecule has 2 heterocycles. The van der Waals surface area contributed by atoms with E-state index in [1.54, 1.807) is 42.5 Å². The first-order chi connectivity index (χ1) is 20.3. The summed E-state index contributed by atoms with van der Waals surface area (Å²) in [5.74, 6) is 1.08. The number of alkyl halides is 2. The molecular weight excluding hydrogens is 584 g/mol. The first kappa shape index (κ1) is 29.0. The molecule has 1 aliphatic heterocycles. The number of aromatic nitrogens is 2. The number of hydrogen-bond donors (Lipinski definition) is 1. The highest BCUT2D eigenvalue weighted by Crippen LogP contribution is 2.39. The highest BCUT2D eigenvalue weighted by Gasteiger charge is 2.29. The molecule has 3 aromatic carbocycles. The smallest absolute Gasteiger partial charge is 0.387 e. The van der Waals surface area contributed by atoms with E-state index >= 15 is 0 Å². The number of nitrogens with zero attached hydrogens (tertiary/aromatic N) is 2. The van der Waals surface area contributed by atoms with Crippen LogP contribution in [0.15, 0.2) is 65.6 Å². The van der Waals surface area contributed by atoms with Gasteiger partial charge < -0.3 is 14.5 Å². The van der Waals surface area contributed by atoms with Crippen LogP contribution >= 0.6 is 11.6 Å². The van der Waals surface area contributed by atoms with Crippen molar-refractivity contribution in [3.63, 3.8) is 0 Å². The molecule has 0 bridgehead atoms. The second kappa shape index (κ2) is 12.3. The summed E-state index contributed by atoms with van der Waals surface area (Å²) in [4.78, 5) is 11.0. The number of benzene rings is 3. The molecule has 11 heteroatoms. The Kier molecular flexibility index (Phi) is 8.49. The summed E-state index contributed by atoms with van der Waals surface area (Å²) in [6.45, 7) is 0.945. The van der Waals surface area contributed by atoms with Crippen LogP contribution in [0.5, 0.6) is 5.75 Å². The third kappa shape index (κ3) is 6.62. The van der Waals surface area contributed by atoms with Crippen molar-refractivity contribution in [2.24, 2.45) is 5.92 Å². The highest BCUT2D eigenvalue weighted by atomic mass is 35.5. The number of nitrogens with one attached hydrogen (secondary N) is 1. The molecule has 7 nitrogen and oxygen atoms in total. The van der Waals surface area contributed by atoms with E-state index in [1.807, 2.05) is 12.1 Å². The number of para-hydroxylation sites is 1. The van der Waals surface area contributed by atoms with Gasteiger partial charge in [0.05, 0.1) is 39.9 Å². The van der Waals surface area contributed by atoms with Gasteiger partial charge in [0.1, 0.15) is 11.6 Å². The highest BCUT2D eigenvalue weighted by molar-refractivity contribution is 7.91. The fraction of sp³-hybridized carbons (Fsp3) is 0.387. The Hall–Kier alpha value is -3.05. The van der Waals surface area contributed by atoms with Gasteiger partial charge in [-0.1, -0.05) is 41.9 Å². The zero-order chi connectivity index (χ0) is 29.3. The number of fused-ring (bicyclic) bond motifs is 1. The molecular formula is C31H32ClF2N3O4S. The summed E-state index contributed by atoms with van der Waals surface area (Å²) in [7, 11) is -3.32. The molecule has 1 N–H and O–H groups in total. The van der Waals surface area contributed by atoms with E-state index in [1.165, 1.54) is 6.07 Å². The number of morpholine rings is 1. The van der Waals surface area contributed by atoms with Crippen molar-refractivity contribution in [2.45, 2.75) is 36.7 Å². The summed E-state index contributed by atoms with van der Waals surface area (Å²) in [5.41, 5.74) is 3.28. The summed E-state index contributed by atoms with van der Waals surface area (Å²) < 4.78 is 62.1. The number of imidazole rings is 1. The van der Waals surface area contributed by atoms with Crippen LogP contribution in [0.4, 0.5) is 8.78 Å². The quantitative estimate of drug-likeness (QED) is 0.207. The summed E-state index contributed by atoms with van der Waals surface area (Å²) in [6.07, 6.45) is 2.70. The molecule has 0 radical (unpaired) electrons. The van der Waals surface area contributed by atoms with Gasteiger partial charge in [0.2, 0.25) is 0 Å². The van der Waals surface area contributed by atoms with E-state index in [0.717, 1.165) is 50.3 Å². The maximum atomic E-state index is 13.1. The van der Waals surface area contributed by atoms with Gasteiger partial charge in [0.25, 0.3) is 0 Å². The molecule has 1 aromatic heterocycles. The van der Waals surface area contributed by atoms with Crippen LogP contribution in [0.1, 0.15) is 36.6 Å². The van der Waals surface area contributed by atoms with Crippen LogP contribution in [0.2, 0.25) is 5.02 Å². The number of H-pyrrole nitrogens is 1. The Morgan fingerprint density at radius 1 is 1.05 bits per heavy atom. The lowest BCUT2D eigenvalue weighted by Gasteiger charge is -2.28. The Labute approximate surface area is 248 Å². The maximum absolute atomic E-state index is 13.1. The lowest BCUT2D eigenvalue weighted by molar-refractivity contribution is -0.0494. The second-order valence-electron chi connectivity index (χ2n) is 10.9. The average Bonchev–Trinajstić information content (AvgIpc) is 3.69. The predicted octanol–water partition coefficient (Wildman–Crippen LogP) is 6.52. The minimum atomic E-state index is -3.32. The van der Waals surface area contributed by atoms with Crippen LogP contribution in [-0.2, 0) is 14.6 Å². The molecule has 6 rings (SSSR count). The molecule has 0 unspecified atom stereocenters. The van der Waals surface area contributed by atoms with Gasteiger partial charge in [-0.25, -0.2) is 13.4 Å². The lowest BCUT2D eigenvalue weighted by Crippen LogP contribution is -2.37. The zero-order valence-corrected chi connectivity index (χ0v) is 24.5. The van der Waals surface area contributed by atoms with Crippen molar-refractivity contribution in [1.82, 2.24) is 14.9 Å². The van der Waals surface area contributed by atoms with Crippen LogP contribution in [-0.4, -0.2) is 68.5 Å². The third-order valence-corrected chi connectivity index (χ3v) is 10.2. The van der Waals surface area contributed by atoms with E-state index in [2.05, 4.69) is 9.88 Å². The largest absolute Gasteiger partial charge is 0.434 e. The topological polar surface area (TPSA) is 84.5 Å². The second-order valence-corrected chi connectivity index (χ2v) is 13.4. The van der Waals surface area contributed by atoms with E-state index in [0.29, 0.717) is 45.3 Å². The number of rotatable bonds is 11. The zero-order valence-electron chi connectivity index (χ0n) is 22.9. The van der Waals surface area contributed by atoms with E-state index in [9.17, 15) is 17.2 Å². The van der Waals surface area contributed by atoms with Gasteiger partial charge in [-0.3, -0.25) is 4.90 Å². The molecule has 4 aromatic rings. The minimum Gasteiger partial charge on any atom is -0.434 e. The van der Waals surface area contributed by atoms with Crippen molar-refractivity contribution in [3.05, 3.63) is 77.1 Å². The Balaban J connectivity index is 1.34. The van der Waals surface area contributed by atoms with Crippen molar-refractivity contribution < 1.29 is 26.7 Å². The summed E-state index contributed by atoms with van der Waals surface area (Å²) in [6, 6.07) is 17.2. The van der Waals surface area contributed by atoms with Gasteiger partial charge in [0, 0.05) is 30.1 Å². The van der Waals surface area contributed by atoms with Crippen LogP contribution < -0.4 is 4.74 Å². The fourth-order valence-corrected chi connectivity index (χ4v) is 7.47. The molecule has 0 spiro atoms. The van der Waals surface area contributed by atoms with Gasteiger partial charge in [-0.2, -0.15) is 8.78 Å². The monoisotopic (exact) mass is 615 g/mol. The molecule has 1 saturated carbocycles. The fourth-order valence-electron chi connectivity index (χ4n) is 5.51. The predicted molar refractivity (Wildman–Crippen MR) is 158 cm³/mol. The van der Waals surface area contributed by atoms with Crippen molar-refractivity contribution >= 4 is 32.5 Å². The normalized spacial score (nSPS) is 17.1. The average molecular weight is 616 g/mol. The summed E-state index contributed by atoms with van der Waals surface area (Å²) >= 11 is 6.65. The first-order valence-electron chi connectivity index (χ1n) is 14.1. The Bertz CT molecular complexity index is 1650. The maximum Gasteiger partial charge on any atom is 0.387 e. The molecule has 1 atom stereocenters. The first-order valence-corrected chi connectivity index (χ1v) is 16.2. The Morgan fingerprint density at radius 2 is 1.79 bits per heavy atom. The van der Waals surface area contributed by atoms with Crippen LogP contribution in [0.25, 0.3) is 22.2 Å². The number of sulfone groups is 1. The standard InChI is InChI=1S/C31H32ClF2N3O4S/c32-26-18-28-27(17-25(26)24-3-1-2-4-29(24)41-31(33)34)35-30(36-28)23(11-12-37-13-15-40-16-14-37)21-7-9-22(10-8-21)42(38,39)19-20-5-6-20/h1-4,7-10,17-18,20,23,31H,5-6,11-16,19H2,(H,35,36)/t23-/m0/s1. The van der Waals surface area contributed by atoms with Gasteiger partial charge in [0.15, 0.2) is 9.84 Å². The number of hydrogen-bond acceptors (Lipinski definition) is 6. The van der Waals surface area contributed by atoms with Crippen molar-refractivity contribution in [1.29, 1.82) is 0 Å². The van der Waals surface area contributed by atoms with Gasteiger partial charge >= 0.3 is 6.61 Å². The minimum absolute atomic E-state index is 0.0321. The van der Waals surface area contributed by atoms with E-state index in [-0.39, 0.29) is 23.3 Å². The molecule has 222 valence electrons. The molecule has 42 heavy (non-hydrogen) atoms. The molecule has 1 aliphatic carbocycles. The van der Waals surface area contributed by atoms with Crippen LogP contribution in [0, 0.1) is 5.92 Å². The summed E-state index contributed by atoms with van der Waals surface area (Å²) in [5, 5.41) is 0.373. The molecule has 0 amide bonds. The van der Waals surface area contributed by atoms with Gasteiger partial charge in [-0.15, -0.1) is 0 Å². The van der Waals surface area contributed by atoms with Crippen LogP contribution in [0.3, 0.4) is 0 Å². The molecule has 2 aliphatic rings. The van der Waals surface area contributed by atoms with E-state index < -0.39 is 16.4 Å². The number of halogens is 3.